The third-order valence-electron chi connectivity index (χ3n) is 7.46. The van der Waals surface area contributed by atoms with Gasteiger partial charge in [0, 0.05) is 38.8 Å². The third kappa shape index (κ3) is 6.02. The Morgan fingerprint density at radius 3 is 2.40 bits per heavy atom. The maximum atomic E-state index is 11.9. The number of hydrogen-bond donors (Lipinski definition) is 1. The molecule has 1 N–H and O–H groups in total. The number of esters is 1. The molecular formula is C28H35N3O4. The number of aliphatic hydroxyl groups is 1. The SMILES string of the molecule is COC(=O)c1ccccc1OCC(O)CN1CCN([C@H]2CC[C@](C#N)(c3ccccc3)CC2)CC1. The molecule has 1 aliphatic carbocycles. The second-order valence-corrected chi connectivity index (χ2v) is 9.58. The van der Waals surface area contributed by atoms with Gasteiger partial charge in [0.25, 0.3) is 0 Å². The van der Waals surface area contributed by atoms with E-state index in [4.69, 9.17) is 9.47 Å². The molecule has 2 aromatic carbocycles. The van der Waals surface area contributed by atoms with E-state index in [-0.39, 0.29) is 12.0 Å². The number of carbonyl (C=O) groups excluding carboxylic acids is 1. The zero-order valence-electron chi connectivity index (χ0n) is 20.4. The van der Waals surface area contributed by atoms with Crippen LogP contribution >= 0.6 is 0 Å². The topological polar surface area (TPSA) is 86.0 Å². The Balaban J connectivity index is 1.21. The monoisotopic (exact) mass is 477 g/mol. The summed E-state index contributed by atoms with van der Waals surface area (Å²) in [7, 11) is 1.34. The Morgan fingerprint density at radius 2 is 1.74 bits per heavy atom. The van der Waals surface area contributed by atoms with E-state index in [1.807, 2.05) is 18.2 Å². The number of rotatable bonds is 8. The maximum Gasteiger partial charge on any atom is 0.341 e. The lowest BCUT2D eigenvalue weighted by molar-refractivity contribution is 0.0281. The second kappa shape index (κ2) is 11.7. The first-order valence-corrected chi connectivity index (χ1v) is 12.5. The molecule has 2 aliphatic rings. The molecule has 186 valence electrons. The molecule has 0 radical (unpaired) electrons. The lowest BCUT2D eigenvalue weighted by atomic mass is 9.69. The van der Waals surface area contributed by atoms with Crippen LogP contribution in [0.1, 0.15) is 41.6 Å². The van der Waals surface area contributed by atoms with Gasteiger partial charge in [0.2, 0.25) is 0 Å². The van der Waals surface area contributed by atoms with E-state index >= 15 is 0 Å². The number of nitrogens with zero attached hydrogens (tertiary/aromatic N) is 3. The van der Waals surface area contributed by atoms with Crippen molar-refractivity contribution in [2.24, 2.45) is 0 Å². The number of nitriles is 1. The number of hydrogen-bond acceptors (Lipinski definition) is 7. The first-order chi connectivity index (χ1) is 17.0. The maximum absolute atomic E-state index is 11.9. The van der Waals surface area contributed by atoms with Crippen molar-refractivity contribution in [2.75, 3.05) is 46.4 Å². The van der Waals surface area contributed by atoms with Crippen molar-refractivity contribution in [1.82, 2.24) is 9.80 Å². The number of β-amino-alcohol motifs (C(OH)–C–C–N with tert-alkyl or cyclic N) is 1. The zero-order valence-corrected chi connectivity index (χ0v) is 20.4. The van der Waals surface area contributed by atoms with E-state index in [0.29, 0.717) is 23.9 Å². The van der Waals surface area contributed by atoms with Gasteiger partial charge >= 0.3 is 5.97 Å². The number of benzene rings is 2. The van der Waals surface area contributed by atoms with Gasteiger partial charge in [-0.1, -0.05) is 42.5 Å². The average Bonchev–Trinajstić information content (AvgIpc) is 2.92. The van der Waals surface area contributed by atoms with Crippen LogP contribution < -0.4 is 4.74 Å². The summed E-state index contributed by atoms with van der Waals surface area (Å²) >= 11 is 0. The van der Waals surface area contributed by atoms with E-state index < -0.39 is 12.1 Å². The summed E-state index contributed by atoms with van der Waals surface area (Å²) in [6.07, 6.45) is 3.24. The van der Waals surface area contributed by atoms with Crippen LogP contribution in [0.4, 0.5) is 0 Å². The van der Waals surface area contributed by atoms with Gasteiger partial charge in [0.15, 0.2) is 0 Å². The lowest BCUT2D eigenvalue weighted by Gasteiger charge is -2.44. The highest BCUT2D eigenvalue weighted by Crippen LogP contribution is 2.40. The number of para-hydroxylation sites is 1. The Bertz CT molecular complexity index is 1010. The largest absolute Gasteiger partial charge is 0.490 e. The van der Waals surface area contributed by atoms with Crippen LogP contribution in [0.3, 0.4) is 0 Å². The Hall–Kier alpha value is -2.92. The normalized spacial score (nSPS) is 24.3. The number of carbonyl (C=O) groups is 1. The standard InChI is InChI=1S/C28H35N3O4/c1-34-27(33)25-9-5-6-10-26(25)35-20-24(32)19-30-15-17-31(18-16-30)23-11-13-28(21-29,14-12-23)22-7-3-2-4-8-22/h2-10,23-24,32H,11-20H2,1H3/t23-,24?,28-. The van der Waals surface area contributed by atoms with E-state index in [1.54, 1.807) is 24.3 Å². The fourth-order valence-corrected chi connectivity index (χ4v) is 5.40. The predicted molar refractivity (Wildman–Crippen MR) is 133 cm³/mol. The first kappa shape index (κ1) is 25.2. The van der Waals surface area contributed by atoms with E-state index in [2.05, 4.69) is 28.0 Å². The van der Waals surface area contributed by atoms with Gasteiger partial charge in [-0.3, -0.25) is 9.80 Å². The Kier molecular flexibility index (Phi) is 8.40. The van der Waals surface area contributed by atoms with Crippen LogP contribution in [0.25, 0.3) is 0 Å². The minimum absolute atomic E-state index is 0.118. The molecule has 0 spiro atoms. The van der Waals surface area contributed by atoms with Gasteiger partial charge in [0.1, 0.15) is 24.0 Å². The molecule has 4 rings (SSSR count). The van der Waals surface area contributed by atoms with E-state index in [9.17, 15) is 15.2 Å². The number of ether oxygens (including phenoxy) is 2. The Labute approximate surface area is 207 Å². The number of aliphatic hydroxyl groups excluding tert-OH is 1. The van der Waals surface area contributed by atoms with Crippen molar-refractivity contribution >= 4 is 5.97 Å². The van der Waals surface area contributed by atoms with Gasteiger partial charge in [-0.2, -0.15) is 5.26 Å². The smallest absolute Gasteiger partial charge is 0.341 e. The molecule has 2 fully saturated rings. The van der Waals surface area contributed by atoms with E-state index in [0.717, 1.165) is 57.4 Å². The van der Waals surface area contributed by atoms with Gasteiger partial charge in [-0.05, 0) is 43.4 Å². The predicted octanol–water partition coefficient (Wildman–Crippen LogP) is 3.23. The molecule has 0 amide bonds. The number of methoxy groups -OCH3 is 1. The lowest BCUT2D eigenvalue weighted by Crippen LogP contribution is -2.53. The van der Waals surface area contributed by atoms with Gasteiger partial charge in [0.05, 0.1) is 18.6 Å². The fourth-order valence-electron chi connectivity index (χ4n) is 5.40. The minimum atomic E-state index is -0.649. The molecule has 2 aromatic rings. The van der Waals surface area contributed by atoms with Crippen molar-refractivity contribution in [3.05, 3.63) is 65.7 Å². The van der Waals surface area contributed by atoms with Crippen LogP contribution in [0.2, 0.25) is 0 Å². The van der Waals surface area contributed by atoms with Crippen molar-refractivity contribution in [3.63, 3.8) is 0 Å². The third-order valence-corrected chi connectivity index (χ3v) is 7.46. The molecule has 0 bridgehead atoms. The van der Waals surface area contributed by atoms with Crippen molar-refractivity contribution in [2.45, 2.75) is 43.2 Å². The summed E-state index contributed by atoms with van der Waals surface area (Å²) < 4.78 is 10.5. The molecule has 1 heterocycles. The van der Waals surface area contributed by atoms with Crippen LogP contribution in [0.15, 0.2) is 54.6 Å². The van der Waals surface area contributed by atoms with Crippen molar-refractivity contribution in [3.8, 4) is 11.8 Å². The van der Waals surface area contributed by atoms with Crippen molar-refractivity contribution in [1.29, 1.82) is 5.26 Å². The van der Waals surface area contributed by atoms with Crippen LogP contribution in [-0.4, -0.2) is 79.5 Å². The molecule has 1 saturated heterocycles. The van der Waals surface area contributed by atoms with Gasteiger partial charge < -0.3 is 14.6 Å². The highest BCUT2D eigenvalue weighted by Gasteiger charge is 2.39. The minimum Gasteiger partial charge on any atom is -0.490 e. The van der Waals surface area contributed by atoms with Crippen molar-refractivity contribution < 1.29 is 19.4 Å². The van der Waals surface area contributed by atoms with Crippen LogP contribution in [-0.2, 0) is 10.2 Å². The Morgan fingerprint density at radius 1 is 1.09 bits per heavy atom. The summed E-state index contributed by atoms with van der Waals surface area (Å²) in [6, 6.07) is 20.3. The molecule has 1 atom stereocenters. The van der Waals surface area contributed by atoms with Crippen LogP contribution in [0, 0.1) is 11.3 Å². The summed E-state index contributed by atoms with van der Waals surface area (Å²) in [4.78, 5) is 16.7. The van der Waals surface area contributed by atoms with Gasteiger partial charge in [-0.15, -0.1) is 0 Å². The van der Waals surface area contributed by atoms with E-state index in [1.165, 1.54) is 7.11 Å². The average molecular weight is 478 g/mol. The summed E-state index contributed by atoms with van der Waals surface area (Å²) in [5.74, 6) is -0.0332. The second-order valence-electron chi connectivity index (χ2n) is 9.58. The van der Waals surface area contributed by atoms with Gasteiger partial charge in [-0.25, -0.2) is 4.79 Å². The summed E-state index contributed by atoms with van der Waals surface area (Å²) in [5.41, 5.74) is 1.16. The molecule has 1 unspecified atom stereocenters. The highest BCUT2D eigenvalue weighted by molar-refractivity contribution is 5.92. The summed E-state index contributed by atoms with van der Waals surface area (Å²) in [5, 5.41) is 20.5. The molecular weight excluding hydrogens is 442 g/mol. The molecule has 7 nitrogen and oxygen atoms in total. The zero-order chi connectivity index (χ0) is 24.7. The molecule has 1 aliphatic heterocycles. The fraction of sp³-hybridized carbons (Fsp3) is 0.500. The quantitative estimate of drug-likeness (QED) is 0.584. The molecule has 0 aromatic heterocycles. The molecule has 35 heavy (non-hydrogen) atoms. The number of piperazine rings is 1. The highest BCUT2D eigenvalue weighted by atomic mass is 16.5. The van der Waals surface area contributed by atoms with Crippen LogP contribution in [0.5, 0.6) is 5.75 Å². The molecule has 1 saturated carbocycles. The summed E-state index contributed by atoms with van der Waals surface area (Å²) in [6.45, 7) is 4.38. The molecule has 7 heteroatoms. The first-order valence-electron chi connectivity index (χ1n) is 12.5.